The summed E-state index contributed by atoms with van der Waals surface area (Å²) in [4.78, 5) is 0. The zero-order valence-electron chi connectivity index (χ0n) is 10.8. The van der Waals surface area contributed by atoms with Crippen molar-refractivity contribution in [3.05, 3.63) is 28.0 Å². The van der Waals surface area contributed by atoms with E-state index in [0.717, 1.165) is 24.3 Å². The molecule has 5 heteroatoms. The fourth-order valence-electron chi connectivity index (χ4n) is 1.59. The van der Waals surface area contributed by atoms with Gasteiger partial charge in [-0.3, -0.25) is 0 Å². The molecule has 0 radical (unpaired) electrons. The summed E-state index contributed by atoms with van der Waals surface area (Å²) >= 11 is 1.09. The molecule has 0 aliphatic carbocycles. The van der Waals surface area contributed by atoms with Gasteiger partial charge in [0, 0.05) is 11.4 Å². The minimum absolute atomic E-state index is 0.303. The molecule has 0 aliphatic heterocycles. The first kappa shape index (κ1) is 15.2. The van der Waals surface area contributed by atoms with Crippen molar-refractivity contribution in [2.24, 2.45) is 0 Å². The molecule has 1 aromatic heterocycles. The molecule has 0 aliphatic rings. The van der Waals surface area contributed by atoms with Gasteiger partial charge < -0.3 is 5.32 Å². The van der Waals surface area contributed by atoms with E-state index < -0.39 is 11.7 Å². The SMILES string of the molecule is C/C(=C/CCNC(C)C)c1cscc1C(F)(F)F. The zero-order chi connectivity index (χ0) is 13.8. The largest absolute Gasteiger partial charge is 0.417 e. The monoisotopic (exact) mass is 277 g/mol. The Morgan fingerprint density at radius 2 is 2.06 bits per heavy atom. The van der Waals surface area contributed by atoms with Crippen LogP contribution in [0, 0.1) is 0 Å². The number of halogens is 3. The fourth-order valence-corrected chi connectivity index (χ4v) is 2.51. The van der Waals surface area contributed by atoms with Gasteiger partial charge in [-0.1, -0.05) is 19.9 Å². The van der Waals surface area contributed by atoms with Gasteiger partial charge in [-0.15, -0.1) is 0 Å². The maximum absolute atomic E-state index is 12.7. The highest BCUT2D eigenvalue weighted by Gasteiger charge is 2.34. The normalized spacial score (nSPS) is 13.4. The summed E-state index contributed by atoms with van der Waals surface area (Å²) in [6.45, 7) is 6.58. The van der Waals surface area contributed by atoms with Gasteiger partial charge >= 0.3 is 6.18 Å². The first-order valence-electron chi connectivity index (χ1n) is 5.86. The topological polar surface area (TPSA) is 12.0 Å². The number of thiophene rings is 1. The molecule has 0 atom stereocenters. The van der Waals surface area contributed by atoms with Gasteiger partial charge in [0.1, 0.15) is 0 Å². The van der Waals surface area contributed by atoms with Crippen molar-refractivity contribution >= 4 is 16.9 Å². The molecule has 1 aromatic rings. The second-order valence-corrected chi connectivity index (χ2v) is 5.23. The molecule has 1 heterocycles. The van der Waals surface area contributed by atoms with E-state index in [1.54, 1.807) is 12.3 Å². The van der Waals surface area contributed by atoms with Gasteiger partial charge in [-0.2, -0.15) is 24.5 Å². The quantitative estimate of drug-likeness (QED) is 0.778. The van der Waals surface area contributed by atoms with Crippen LogP contribution < -0.4 is 5.32 Å². The third kappa shape index (κ3) is 4.46. The Labute approximate surface area is 110 Å². The maximum atomic E-state index is 12.7. The van der Waals surface area contributed by atoms with E-state index in [1.807, 2.05) is 19.9 Å². The van der Waals surface area contributed by atoms with E-state index in [1.165, 1.54) is 5.38 Å². The lowest BCUT2D eigenvalue weighted by atomic mass is 10.1. The lowest BCUT2D eigenvalue weighted by Crippen LogP contribution is -2.23. The van der Waals surface area contributed by atoms with Crippen LogP contribution in [0.15, 0.2) is 16.8 Å². The predicted molar refractivity (Wildman–Crippen MR) is 70.7 cm³/mol. The van der Waals surface area contributed by atoms with Crippen LogP contribution in [0.5, 0.6) is 0 Å². The highest BCUT2D eigenvalue weighted by Crippen LogP contribution is 2.37. The molecular weight excluding hydrogens is 259 g/mol. The minimum atomic E-state index is -4.26. The second kappa shape index (κ2) is 6.38. The number of rotatable bonds is 5. The van der Waals surface area contributed by atoms with Crippen molar-refractivity contribution in [2.45, 2.75) is 39.4 Å². The molecule has 0 bridgehead atoms. The molecule has 1 nitrogen and oxygen atoms in total. The van der Waals surface area contributed by atoms with Crippen molar-refractivity contribution < 1.29 is 13.2 Å². The van der Waals surface area contributed by atoms with Crippen LogP contribution in [0.3, 0.4) is 0 Å². The summed E-state index contributed by atoms with van der Waals surface area (Å²) in [5, 5.41) is 5.95. The molecule has 1 N–H and O–H groups in total. The Hall–Kier alpha value is -0.810. The number of hydrogen-bond donors (Lipinski definition) is 1. The van der Waals surface area contributed by atoms with Crippen molar-refractivity contribution in [1.29, 1.82) is 0 Å². The Morgan fingerprint density at radius 3 is 2.61 bits per heavy atom. The third-order valence-corrected chi connectivity index (χ3v) is 3.28. The first-order valence-corrected chi connectivity index (χ1v) is 6.80. The third-order valence-electron chi connectivity index (χ3n) is 2.54. The van der Waals surface area contributed by atoms with Gasteiger partial charge in [0.2, 0.25) is 0 Å². The maximum Gasteiger partial charge on any atom is 0.417 e. The molecule has 0 aromatic carbocycles. The van der Waals surface area contributed by atoms with Crippen molar-refractivity contribution in [2.75, 3.05) is 6.54 Å². The lowest BCUT2D eigenvalue weighted by Gasteiger charge is -2.09. The van der Waals surface area contributed by atoms with E-state index in [4.69, 9.17) is 0 Å². The molecule has 102 valence electrons. The Morgan fingerprint density at radius 1 is 1.39 bits per heavy atom. The van der Waals surface area contributed by atoms with E-state index in [2.05, 4.69) is 5.32 Å². The van der Waals surface area contributed by atoms with Crippen LogP contribution in [-0.2, 0) is 6.18 Å². The van der Waals surface area contributed by atoms with Gasteiger partial charge in [0.25, 0.3) is 0 Å². The molecule has 18 heavy (non-hydrogen) atoms. The average molecular weight is 277 g/mol. The lowest BCUT2D eigenvalue weighted by molar-refractivity contribution is -0.137. The average Bonchev–Trinajstić information content (AvgIpc) is 2.72. The van der Waals surface area contributed by atoms with Crippen LogP contribution in [0.25, 0.3) is 5.57 Å². The van der Waals surface area contributed by atoms with E-state index in [-0.39, 0.29) is 0 Å². The fraction of sp³-hybridized carbons (Fsp3) is 0.538. The summed E-state index contributed by atoms with van der Waals surface area (Å²) < 4.78 is 38.1. The Bertz CT molecular complexity index is 405. The molecule has 0 fully saturated rings. The molecule has 0 spiro atoms. The Kier molecular flexibility index (Phi) is 5.41. The summed E-state index contributed by atoms with van der Waals surface area (Å²) in [7, 11) is 0. The molecule has 0 saturated carbocycles. The van der Waals surface area contributed by atoms with Crippen LogP contribution in [0.4, 0.5) is 13.2 Å². The zero-order valence-corrected chi connectivity index (χ0v) is 11.6. The van der Waals surface area contributed by atoms with Crippen LogP contribution >= 0.6 is 11.3 Å². The number of alkyl halides is 3. The second-order valence-electron chi connectivity index (χ2n) is 4.48. The number of hydrogen-bond acceptors (Lipinski definition) is 2. The van der Waals surface area contributed by atoms with Crippen molar-refractivity contribution in [3.63, 3.8) is 0 Å². The van der Waals surface area contributed by atoms with E-state index in [9.17, 15) is 13.2 Å². The summed E-state index contributed by atoms with van der Waals surface area (Å²) in [6.07, 6.45) is -1.68. The molecule has 0 amide bonds. The van der Waals surface area contributed by atoms with Crippen LogP contribution in [0.1, 0.15) is 38.3 Å². The molecule has 1 rings (SSSR count). The predicted octanol–water partition coefficient (Wildman–Crippen LogP) is 4.56. The van der Waals surface area contributed by atoms with E-state index in [0.29, 0.717) is 17.2 Å². The molecule has 0 unspecified atom stereocenters. The highest BCUT2D eigenvalue weighted by atomic mass is 32.1. The standard InChI is InChI=1S/C13H18F3NS/c1-9(2)17-6-4-5-10(3)11-7-18-8-12(11)13(14,15)16/h5,7-9,17H,4,6H2,1-3H3/b10-5-. The Balaban J connectivity index is 2.69. The highest BCUT2D eigenvalue weighted by molar-refractivity contribution is 7.08. The summed E-state index contributed by atoms with van der Waals surface area (Å²) in [5.74, 6) is 0. The molecular formula is C13H18F3NS. The molecule has 0 saturated heterocycles. The summed E-state index contributed by atoms with van der Waals surface area (Å²) in [6, 6.07) is 0.394. The van der Waals surface area contributed by atoms with Gasteiger partial charge in [0.05, 0.1) is 5.56 Å². The van der Waals surface area contributed by atoms with E-state index >= 15 is 0 Å². The van der Waals surface area contributed by atoms with Crippen LogP contribution in [-0.4, -0.2) is 12.6 Å². The van der Waals surface area contributed by atoms with Crippen molar-refractivity contribution in [3.8, 4) is 0 Å². The van der Waals surface area contributed by atoms with Crippen molar-refractivity contribution in [1.82, 2.24) is 5.32 Å². The van der Waals surface area contributed by atoms with Crippen LogP contribution in [0.2, 0.25) is 0 Å². The van der Waals surface area contributed by atoms with Gasteiger partial charge in [-0.05, 0) is 36.4 Å². The minimum Gasteiger partial charge on any atom is -0.314 e. The van der Waals surface area contributed by atoms with Gasteiger partial charge in [0.15, 0.2) is 0 Å². The summed E-state index contributed by atoms with van der Waals surface area (Å²) in [5.41, 5.74) is 0.462. The smallest absolute Gasteiger partial charge is 0.314 e. The first-order chi connectivity index (χ1) is 8.32. The van der Waals surface area contributed by atoms with Gasteiger partial charge in [-0.25, -0.2) is 0 Å². The number of allylic oxidation sites excluding steroid dienone is 1. The number of nitrogens with one attached hydrogen (secondary N) is 1.